The van der Waals surface area contributed by atoms with Gasteiger partial charge in [-0.25, -0.2) is 4.99 Å². The first-order valence-corrected chi connectivity index (χ1v) is 10.7. The average Bonchev–Trinajstić information content (AvgIpc) is 2.95. The number of benzene rings is 1. The van der Waals surface area contributed by atoms with E-state index in [4.69, 9.17) is 11.6 Å². The lowest BCUT2D eigenvalue weighted by Crippen LogP contribution is -2.43. The smallest absolute Gasteiger partial charge is 0.230 e. The van der Waals surface area contributed by atoms with Gasteiger partial charge < -0.3 is 14.9 Å². The second-order valence-electron chi connectivity index (χ2n) is 8.00. The summed E-state index contributed by atoms with van der Waals surface area (Å²) in [6.45, 7) is 2.61. The number of amides is 1. The van der Waals surface area contributed by atoms with Crippen LogP contribution in [0, 0.1) is 11.8 Å². The third-order valence-corrected chi connectivity index (χ3v) is 6.33. The van der Waals surface area contributed by atoms with E-state index in [9.17, 15) is 9.90 Å². The number of aliphatic hydroxyl groups is 1. The van der Waals surface area contributed by atoms with Crippen molar-refractivity contribution in [2.24, 2.45) is 16.8 Å². The molecule has 1 fully saturated rings. The summed E-state index contributed by atoms with van der Waals surface area (Å²) in [5.41, 5.74) is 2.23. The summed E-state index contributed by atoms with van der Waals surface area (Å²) in [7, 11) is 0. The summed E-state index contributed by atoms with van der Waals surface area (Å²) < 4.78 is 0. The Morgan fingerprint density at radius 2 is 2.04 bits per heavy atom. The van der Waals surface area contributed by atoms with Crippen LogP contribution in [0.4, 0.5) is 5.69 Å². The lowest BCUT2D eigenvalue weighted by molar-refractivity contribution is -0.123. The highest BCUT2D eigenvalue weighted by molar-refractivity contribution is 6.30. The molecule has 5 nitrogen and oxygen atoms in total. The number of aliphatic hydroxyl groups excluding tert-OH is 1. The number of rotatable bonds is 3. The molecule has 1 aromatic carbocycles. The van der Waals surface area contributed by atoms with Gasteiger partial charge in [0.15, 0.2) is 0 Å². The Bertz CT molecular complexity index is 784. The van der Waals surface area contributed by atoms with E-state index in [0.717, 1.165) is 74.7 Å². The Morgan fingerprint density at radius 1 is 1.21 bits per heavy atom. The van der Waals surface area contributed by atoms with E-state index in [1.54, 1.807) is 0 Å². The number of piperidine rings is 1. The van der Waals surface area contributed by atoms with Crippen LogP contribution in [0.15, 0.2) is 35.1 Å². The number of aliphatic imine (C=N–C) groups is 1. The van der Waals surface area contributed by atoms with Crippen molar-refractivity contribution in [3.63, 3.8) is 0 Å². The molecule has 1 unspecified atom stereocenters. The van der Waals surface area contributed by atoms with Crippen molar-refractivity contribution in [1.29, 1.82) is 0 Å². The SMILES string of the molecule is O=C(C1CCN(C2=CC(CO)CC=N2)CC1)N1CCCCc2cc(Cl)ccc21. The minimum Gasteiger partial charge on any atom is -0.396 e. The predicted octanol–water partition coefficient (Wildman–Crippen LogP) is 3.65. The summed E-state index contributed by atoms with van der Waals surface area (Å²) in [6.07, 6.45) is 9.55. The molecule has 0 saturated carbocycles. The molecule has 3 aliphatic rings. The molecule has 0 aliphatic carbocycles. The number of hydrogen-bond donors (Lipinski definition) is 1. The van der Waals surface area contributed by atoms with E-state index in [1.807, 2.05) is 29.3 Å². The molecule has 1 amide bonds. The third-order valence-electron chi connectivity index (χ3n) is 6.10. The first-order chi connectivity index (χ1) is 13.7. The van der Waals surface area contributed by atoms with E-state index in [-0.39, 0.29) is 24.3 Å². The Hall–Kier alpha value is -1.85. The molecular formula is C22H28ClN3O2. The molecule has 1 aromatic rings. The van der Waals surface area contributed by atoms with Crippen LogP contribution in [0.2, 0.25) is 5.02 Å². The van der Waals surface area contributed by atoms with Crippen LogP contribution < -0.4 is 4.90 Å². The fourth-order valence-corrected chi connectivity index (χ4v) is 4.64. The van der Waals surface area contributed by atoms with Crippen molar-refractivity contribution >= 4 is 29.4 Å². The van der Waals surface area contributed by atoms with Crippen LogP contribution in [-0.4, -0.2) is 48.4 Å². The number of carbonyl (C=O) groups is 1. The van der Waals surface area contributed by atoms with Gasteiger partial charge in [-0.2, -0.15) is 0 Å². The van der Waals surface area contributed by atoms with Gasteiger partial charge in [-0.1, -0.05) is 11.6 Å². The Morgan fingerprint density at radius 3 is 2.82 bits per heavy atom. The minimum absolute atomic E-state index is 0.0553. The largest absolute Gasteiger partial charge is 0.396 e. The van der Waals surface area contributed by atoms with Crippen molar-refractivity contribution in [3.05, 3.63) is 40.7 Å². The number of likely N-dealkylation sites (tertiary alicyclic amines) is 1. The molecule has 1 N–H and O–H groups in total. The highest BCUT2D eigenvalue weighted by Crippen LogP contribution is 2.32. The first kappa shape index (κ1) is 19.5. The number of halogens is 1. The second kappa shape index (κ2) is 8.66. The van der Waals surface area contributed by atoms with Gasteiger partial charge in [0.2, 0.25) is 5.91 Å². The van der Waals surface area contributed by atoms with E-state index in [1.165, 1.54) is 5.56 Å². The number of hydrogen-bond acceptors (Lipinski definition) is 4. The number of carbonyl (C=O) groups excluding carboxylic acids is 1. The fourth-order valence-electron chi connectivity index (χ4n) is 4.45. The first-order valence-electron chi connectivity index (χ1n) is 10.4. The minimum atomic E-state index is 0.0553. The second-order valence-corrected chi connectivity index (χ2v) is 8.43. The van der Waals surface area contributed by atoms with Gasteiger partial charge in [0.05, 0.1) is 0 Å². The Labute approximate surface area is 171 Å². The lowest BCUT2D eigenvalue weighted by Gasteiger charge is -2.36. The summed E-state index contributed by atoms with van der Waals surface area (Å²) in [6, 6.07) is 5.91. The molecular weight excluding hydrogens is 374 g/mol. The molecule has 3 heterocycles. The van der Waals surface area contributed by atoms with Gasteiger partial charge >= 0.3 is 0 Å². The van der Waals surface area contributed by atoms with Gasteiger partial charge in [0.1, 0.15) is 5.82 Å². The number of anilines is 1. The van der Waals surface area contributed by atoms with Gasteiger partial charge in [-0.15, -0.1) is 0 Å². The monoisotopic (exact) mass is 401 g/mol. The Kier molecular flexibility index (Phi) is 6.02. The van der Waals surface area contributed by atoms with E-state index < -0.39 is 0 Å². The van der Waals surface area contributed by atoms with Crippen molar-refractivity contribution in [1.82, 2.24) is 4.90 Å². The Balaban J connectivity index is 1.43. The van der Waals surface area contributed by atoms with Crippen LogP contribution in [0.25, 0.3) is 0 Å². The van der Waals surface area contributed by atoms with E-state index >= 15 is 0 Å². The van der Waals surface area contributed by atoms with Gasteiger partial charge in [-0.05, 0) is 68.4 Å². The van der Waals surface area contributed by atoms with Crippen LogP contribution in [0.5, 0.6) is 0 Å². The third kappa shape index (κ3) is 4.11. The highest BCUT2D eigenvalue weighted by Gasteiger charge is 2.31. The van der Waals surface area contributed by atoms with Crippen LogP contribution in [0.3, 0.4) is 0 Å². The van der Waals surface area contributed by atoms with Gasteiger partial charge in [0, 0.05) is 55.0 Å². The molecule has 150 valence electrons. The van der Waals surface area contributed by atoms with Crippen LogP contribution in [0.1, 0.15) is 37.7 Å². The summed E-state index contributed by atoms with van der Waals surface area (Å²) in [4.78, 5) is 22.1. The maximum absolute atomic E-state index is 13.3. The number of aryl methyl sites for hydroxylation is 1. The summed E-state index contributed by atoms with van der Waals surface area (Å²) in [5.74, 6) is 1.41. The zero-order valence-electron chi connectivity index (χ0n) is 16.2. The summed E-state index contributed by atoms with van der Waals surface area (Å²) >= 11 is 6.18. The molecule has 4 rings (SSSR count). The molecule has 0 aromatic heterocycles. The van der Waals surface area contributed by atoms with Crippen LogP contribution in [-0.2, 0) is 11.2 Å². The molecule has 1 saturated heterocycles. The average molecular weight is 402 g/mol. The molecule has 0 radical (unpaired) electrons. The predicted molar refractivity (Wildman–Crippen MR) is 113 cm³/mol. The lowest BCUT2D eigenvalue weighted by atomic mass is 9.94. The highest BCUT2D eigenvalue weighted by atomic mass is 35.5. The molecule has 1 atom stereocenters. The number of nitrogens with zero attached hydrogens (tertiary/aromatic N) is 3. The van der Waals surface area contributed by atoms with Crippen LogP contribution >= 0.6 is 11.6 Å². The van der Waals surface area contributed by atoms with E-state index in [0.29, 0.717) is 0 Å². The number of fused-ring (bicyclic) bond motifs is 1. The topological polar surface area (TPSA) is 56.1 Å². The van der Waals surface area contributed by atoms with Crippen molar-refractivity contribution in [2.45, 2.75) is 38.5 Å². The molecule has 3 aliphatic heterocycles. The zero-order chi connectivity index (χ0) is 19.5. The zero-order valence-corrected chi connectivity index (χ0v) is 16.9. The molecule has 28 heavy (non-hydrogen) atoms. The van der Waals surface area contributed by atoms with Crippen molar-refractivity contribution < 1.29 is 9.90 Å². The molecule has 0 spiro atoms. The molecule has 0 bridgehead atoms. The van der Waals surface area contributed by atoms with Crippen molar-refractivity contribution in [3.8, 4) is 0 Å². The van der Waals surface area contributed by atoms with Crippen molar-refractivity contribution in [2.75, 3.05) is 31.1 Å². The normalized spacial score (nSPS) is 23.2. The fraction of sp³-hybridized carbons (Fsp3) is 0.545. The van der Waals surface area contributed by atoms with Gasteiger partial charge in [0.25, 0.3) is 0 Å². The quantitative estimate of drug-likeness (QED) is 0.841. The molecule has 6 heteroatoms. The van der Waals surface area contributed by atoms with Gasteiger partial charge in [-0.3, -0.25) is 4.79 Å². The maximum atomic E-state index is 13.3. The van der Waals surface area contributed by atoms with E-state index in [2.05, 4.69) is 16.0 Å². The standard InChI is InChI=1S/C22H28ClN3O2/c23-19-4-5-20-18(14-19)3-1-2-10-26(20)22(28)17-7-11-25(12-8-17)21-13-16(15-27)6-9-24-21/h4-5,9,13-14,16-17,27H,1-3,6-8,10-12,15H2. The maximum Gasteiger partial charge on any atom is 0.230 e. The summed E-state index contributed by atoms with van der Waals surface area (Å²) in [5, 5.41) is 10.1.